The van der Waals surface area contributed by atoms with Crippen molar-refractivity contribution >= 4 is 17.9 Å². The van der Waals surface area contributed by atoms with Crippen molar-refractivity contribution in [2.45, 2.75) is 309 Å². The van der Waals surface area contributed by atoms with Crippen LogP contribution in [0.15, 0.2) is 146 Å². The van der Waals surface area contributed by atoms with E-state index < -0.39 is 6.10 Å². The molecule has 0 N–H and O–H groups in total. The van der Waals surface area contributed by atoms with Crippen molar-refractivity contribution in [2.24, 2.45) is 0 Å². The van der Waals surface area contributed by atoms with E-state index in [0.29, 0.717) is 25.7 Å². The maximum atomic E-state index is 12.9. The first kappa shape index (κ1) is 78.3. The molecule has 6 heteroatoms. The van der Waals surface area contributed by atoms with Gasteiger partial charge >= 0.3 is 17.9 Å². The molecule has 0 saturated carbocycles. The molecule has 0 aliphatic rings. The van der Waals surface area contributed by atoms with Gasteiger partial charge in [0.25, 0.3) is 0 Å². The second-order valence-corrected chi connectivity index (χ2v) is 22.4. The smallest absolute Gasteiger partial charge is 0.306 e. The van der Waals surface area contributed by atoms with Gasteiger partial charge in [-0.2, -0.15) is 0 Å². The molecule has 1 atom stereocenters. The molecule has 0 fully saturated rings. The van der Waals surface area contributed by atoms with E-state index in [1.165, 1.54) is 135 Å². The third-order valence-corrected chi connectivity index (χ3v) is 14.3. The zero-order valence-electron chi connectivity index (χ0n) is 53.9. The Morgan fingerprint density at radius 1 is 0.253 bits per heavy atom. The lowest BCUT2D eigenvalue weighted by molar-refractivity contribution is -0.167. The maximum absolute atomic E-state index is 12.9. The fraction of sp³-hybridized carbons (Fsp3) is 0.649. The third-order valence-electron chi connectivity index (χ3n) is 14.3. The Bertz CT molecular complexity index is 1800. The lowest BCUT2D eigenvalue weighted by atomic mass is 10.0. The van der Waals surface area contributed by atoms with Crippen LogP contribution in [0.3, 0.4) is 0 Å². The highest BCUT2D eigenvalue weighted by Gasteiger charge is 2.19. The Morgan fingerprint density at radius 3 is 0.759 bits per heavy atom. The van der Waals surface area contributed by atoms with Gasteiger partial charge in [-0.25, -0.2) is 0 Å². The zero-order valence-corrected chi connectivity index (χ0v) is 53.9. The second kappa shape index (κ2) is 69.8. The van der Waals surface area contributed by atoms with Crippen molar-refractivity contribution in [1.82, 2.24) is 0 Å². The summed E-state index contributed by atoms with van der Waals surface area (Å²) in [6.07, 6.45) is 100. The van der Waals surface area contributed by atoms with E-state index in [4.69, 9.17) is 14.2 Å². The van der Waals surface area contributed by atoms with Gasteiger partial charge in [-0.15, -0.1) is 0 Å². The van der Waals surface area contributed by atoms with Crippen LogP contribution < -0.4 is 0 Å². The molecule has 0 aromatic heterocycles. The summed E-state index contributed by atoms with van der Waals surface area (Å²) in [5.74, 6) is -0.942. The summed E-state index contributed by atoms with van der Waals surface area (Å²) >= 11 is 0. The number of unbranched alkanes of at least 4 members (excludes halogenated alkanes) is 26. The number of hydrogen-bond acceptors (Lipinski definition) is 6. The maximum Gasteiger partial charge on any atom is 0.306 e. The molecule has 0 aliphatic carbocycles. The Kier molecular flexibility index (Phi) is 65.8. The number of hydrogen-bond donors (Lipinski definition) is 0. The highest BCUT2D eigenvalue weighted by atomic mass is 16.6. The van der Waals surface area contributed by atoms with Crippen LogP contribution in [0.25, 0.3) is 0 Å². The summed E-state index contributed by atoms with van der Waals surface area (Å²) in [6, 6.07) is 0. The van der Waals surface area contributed by atoms with Gasteiger partial charge in [0, 0.05) is 19.3 Å². The monoisotopic (exact) mass is 1150 g/mol. The minimum absolute atomic E-state index is 0.0945. The van der Waals surface area contributed by atoms with Gasteiger partial charge in [-0.05, 0) is 128 Å². The molecular weight excluding hydrogens is 1020 g/mol. The highest BCUT2D eigenvalue weighted by Crippen LogP contribution is 2.16. The van der Waals surface area contributed by atoms with Gasteiger partial charge in [-0.1, -0.05) is 301 Å². The van der Waals surface area contributed by atoms with E-state index >= 15 is 0 Å². The molecule has 470 valence electrons. The molecule has 0 spiro atoms. The summed E-state index contributed by atoms with van der Waals surface area (Å²) in [4.78, 5) is 38.2. The third kappa shape index (κ3) is 68.0. The normalized spacial score (nSPS) is 13.0. The van der Waals surface area contributed by atoms with E-state index in [-0.39, 0.29) is 31.1 Å². The number of ether oxygens (including phenoxy) is 3. The largest absolute Gasteiger partial charge is 0.462 e. The van der Waals surface area contributed by atoms with Crippen LogP contribution in [0.4, 0.5) is 0 Å². The fourth-order valence-corrected chi connectivity index (χ4v) is 9.21. The number of rotatable bonds is 61. The van der Waals surface area contributed by atoms with Gasteiger partial charge in [0.15, 0.2) is 6.10 Å². The van der Waals surface area contributed by atoms with Gasteiger partial charge < -0.3 is 14.2 Å². The molecule has 0 aliphatic heterocycles. The first-order valence-electron chi connectivity index (χ1n) is 34.3. The molecule has 83 heavy (non-hydrogen) atoms. The van der Waals surface area contributed by atoms with Crippen molar-refractivity contribution in [3.8, 4) is 0 Å². The summed E-state index contributed by atoms with van der Waals surface area (Å²) in [6.45, 7) is 6.47. The Morgan fingerprint density at radius 2 is 0.470 bits per heavy atom. The minimum Gasteiger partial charge on any atom is -0.462 e. The standard InChI is InChI=1S/C77H126O6/c1-4-7-10-13-16-19-21-23-25-27-29-31-33-34-35-36-37-38-39-40-41-42-44-45-47-49-51-53-55-58-61-64-67-70-76(79)82-73-74(72-81-75(78)69-66-63-60-57-18-15-12-9-6-3)83-77(80)71-68-65-62-59-56-54-52-50-48-46-43-32-30-28-26-24-22-20-17-14-11-8-5-2/h7,10,16,19,22-25,28-31,34-35,37-38,40-41,44-45,49,51,55,58,74H,4-6,8-9,11-15,17-18,20-21,26-27,32-33,36,39,42-43,46-48,50,52-54,56-57,59-73H2,1-3H3/b10-7-,19-16-,24-22-,25-23-,30-28-,31-29-,35-34-,38-37-,41-40-,45-44-,51-49-,58-55-. The van der Waals surface area contributed by atoms with Crippen LogP contribution in [-0.2, 0) is 28.6 Å². The number of carbonyl (C=O) groups is 3. The number of carbonyl (C=O) groups excluding carboxylic acids is 3. The van der Waals surface area contributed by atoms with Crippen molar-refractivity contribution < 1.29 is 28.6 Å². The Balaban J connectivity index is 4.30. The first-order valence-corrected chi connectivity index (χ1v) is 34.3. The van der Waals surface area contributed by atoms with Crippen LogP contribution in [0.5, 0.6) is 0 Å². The average Bonchev–Trinajstić information content (AvgIpc) is 3.49. The Hall–Kier alpha value is -4.71. The van der Waals surface area contributed by atoms with Gasteiger partial charge in [-0.3, -0.25) is 14.4 Å². The lowest BCUT2D eigenvalue weighted by Gasteiger charge is -2.18. The fourth-order valence-electron chi connectivity index (χ4n) is 9.21. The SMILES string of the molecule is CC/C=C\C/C=C\C/C=C\C/C=C\C/C=C\C/C=C\C/C=C\C/C=C\C/C=C\C/C=C\CCCCC(=O)OCC(COC(=O)CCCCCCCCCCC)OC(=O)CCCCCCCCCCCCC/C=C\C/C=C\CCCCCCC. The molecule has 0 saturated heterocycles. The quantitative estimate of drug-likeness (QED) is 0.0261. The second-order valence-electron chi connectivity index (χ2n) is 22.4. The van der Waals surface area contributed by atoms with E-state index in [2.05, 4.69) is 167 Å². The van der Waals surface area contributed by atoms with Crippen molar-refractivity contribution in [1.29, 1.82) is 0 Å². The summed E-state index contributed by atoms with van der Waals surface area (Å²) in [7, 11) is 0. The van der Waals surface area contributed by atoms with E-state index in [1.807, 2.05) is 0 Å². The molecule has 0 aromatic carbocycles. The van der Waals surface area contributed by atoms with Crippen LogP contribution in [0.2, 0.25) is 0 Å². The average molecular weight is 1150 g/mol. The highest BCUT2D eigenvalue weighted by molar-refractivity contribution is 5.71. The van der Waals surface area contributed by atoms with Gasteiger partial charge in [0.2, 0.25) is 0 Å². The molecule has 1 unspecified atom stereocenters. The molecule has 0 amide bonds. The van der Waals surface area contributed by atoms with Crippen molar-refractivity contribution in [3.05, 3.63) is 146 Å². The molecular formula is C77H126O6. The van der Waals surface area contributed by atoms with Crippen molar-refractivity contribution in [3.63, 3.8) is 0 Å². The number of allylic oxidation sites excluding steroid dienone is 24. The predicted octanol–water partition coefficient (Wildman–Crippen LogP) is 23.9. The molecule has 0 heterocycles. The lowest BCUT2D eigenvalue weighted by Crippen LogP contribution is -2.30. The topological polar surface area (TPSA) is 78.9 Å². The summed E-state index contributed by atoms with van der Waals surface area (Å²) < 4.78 is 16.9. The molecule has 0 rings (SSSR count). The summed E-state index contributed by atoms with van der Waals surface area (Å²) in [5.41, 5.74) is 0. The van der Waals surface area contributed by atoms with Crippen molar-refractivity contribution in [2.75, 3.05) is 13.2 Å². The van der Waals surface area contributed by atoms with E-state index in [0.717, 1.165) is 122 Å². The minimum atomic E-state index is -0.801. The molecule has 0 radical (unpaired) electrons. The molecule has 6 nitrogen and oxygen atoms in total. The van der Waals surface area contributed by atoms with Gasteiger partial charge in [0.05, 0.1) is 0 Å². The van der Waals surface area contributed by atoms with Crippen LogP contribution in [0, 0.1) is 0 Å². The van der Waals surface area contributed by atoms with E-state index in [1.54, 1.807) is 0 Å². The summed E-state index contributed by atoms with van der Waals surface area (Å²) in [5, 5.41) is 0. The molecule has 0 aromatic rings. The van der Waals surface area contributed by atoms with Crippen LogP contribution in [0.1, 0.15) is 303 Å². The van der Waals surface area contributed by atoms with Crippen LogP contribution >= 0.6 is 0 Å². The molecule has 0 bridgehead atoms. The van der Waals surface area contributed by atoms with E-state index in [9.17, 15) is 14.4 Å². The number of esters is 3. The Labute approximate surface area is 512 Å². The zero-order chi connectivity index (χ0) is 59.9. The predicted molar refractivity (Wildman–Crippen MR) is 362 cm³/mol. The van der Waals surface area contributed by atoms with Gasteiger partial charge in [0.1, 0.15) is 13.2 Å². The first-order chi connectivity index (χ1) is 41.0. The van der Waals surface area contributed by atoms with Crippen LogP contribution in [-0.4, -0.2) is 37.2 Å².